The summed E-state index contributed by atoms with van der Waals surface area (Å²) in [7, 11) is 0. The molecule has 24 heavy (non-hydrogen) atoms. The number of aromatic nitrogens is 3. The first-order valence-electron chi connectivity index (χ1n) is 8.04. The van der Waals surface area contributed by atoms with Gasteiger partial charge >= 0.3 is 0 Å². The lowest BCUT2D eigenvalue weighted by molar-refractivity contribution is 0.679. The third-order valence-corrected chi connectivity index (χ3v) is 4.61. The molecule has 0 saturated carbocycles. The molecule has 5 nitrogen and oxygen atoms in total. The highest BCUT2D eigenvalue weighted by molar-refractivity contribution is 6.42. The maximum absolute atomic E-state index is 6.01. The van der Waals surface area contributed by atoms with Gasteiger partial charge in [0, 0.05) is 12.2 Å². The van der Waals surface area contributed by atoms with Crippen molar-refractivity contribution < 1.29 is 0 Å². The zero-order valence-electron chi connectivity index (χ0n) is 13.2. The Bertz CT molecular complexity index is 733. The van der Waals surface area contributed by atoms with Gasteiger partial charge in [-0.1, -0.05) is 34.9 Å². The maximum Gasteiger partial charge on any atom is 0.249 e. The molecule has 0 amide bonds. The second-order valence-corrected chi connectivity index (χ2v) is 6.52. The summed E-state index contributed by atoms with van der Waals surface area (Å²) >= 11 is 11.9. The third kappa shape index (κ3) is 4.82. The van der Waals surface area contributed by atoms with Crippen LogP contribution in [0, 0.1) is 0 Å². The Morgan fingerprint density at radius 2 is 2.04 bits per heavy atom. The predicted molar refractivity (Wildman–Crippen MR) is 99.2 cm³/mol. The highest BCUT2D eigenvalue weighted by atomic mass is 35.5. The standard InChI is InChI=1S/C17H19Cl2N5/c18-14-7-6-13(10-15(14)19)22-17-23-16(11-21-24-17)20-9-8-12-4-2-1-3-5-12/h4,6-7,10-11H,1-3,5,8-9H2,(H2,20,22,23,24). The molecule has 7 heteroatoms. The lowest BCUT2D eigenvalue weighted by Gasteiger charge is -2.13. The maximum atomic E-state index is 6.01. The first-order valence-corrected chi connectivity index (χ1v) is 8.80. The molecule has 1 heterocycles. The van der Waals surface area contributed by atoms with E-state index in [1.54, 1.807) is 18.3 Å². The van der Waals surface area contributed by atoms with E-state index in [-0.39, 0.29) is 0 Å². The summed E-state index contributed by atoms with van der Waals surface area (Å²) in [6, 6.07) is 5.26. The minimum Gasteiger partial charge on any atom is -0.368 e. The summed E-state index contributed by atoms with van der Waals surface area (Å²) in [4.78, 5) is 4.41. The number of hydrogen-bond acceptors (Lipinski definition) is 5. The molecule has 0 spiro atoms. The summed E-state index contributed by atoms with van der Waals surface area (Å²) in [6.45, 7) is 0.844. The molecule has 0 aliphatic heterocycles. The molecule has 0 fully saturated rings. The van der Waals surface area contributed by atoms with E-state index in [0.717, 1.165) is 18.7 Å². The lowest BCUT2D eigenvalue weighted by Crippen LogP contribution is -2.08. The van der Waals surface area contributed by atoms with Crippen LogP contribution in [0.4, 0.5) is 17.5 Å². The van der Waals surface area contributed by atoms with Crippen molar-refractivity contribution >= 4 is 40.7 Å². The normalized spacial score (nSPS) is 14.2. The minimum absolute atomic E-state index is 0.412. The number of rotatable bonds is 6. The molecule has 2 N–H and O–H groups in total. The van der Waals surface area contributed by atoms with Crippen molar-refractivity contribution in [2.24, 2.45) is 0 Å². The molecule has 3 rings (SSSR count). The second kappa shape index (κ2) is 8.31. The number of nitrogens with one attached hydrogen (secondary N) is 2. The molecule has 1 aromatic heterocycles. The fourth-order valence-electron chi connectivity index (χ4n) is 2.63. The summed E-state index contributed by atoms with van der Waals surface area (Å²) < 4.78 is 0. The molecule has 1 aromatic carbocycles. The van der Waals surface area contributed by atoms with Gasteiger partial charge in [-0.2, -0.15) is 10.1 Å². The van der Waals surface area contributed by atoms with Gasteiger partial charge < -0.3 is 10.6 Å². The van der Waals surface area contributed by atoms with Crippen molar-refractivity contribution in [3.63, 3.8) is 0 Å². The van der Waals surface area contributed by atoms with E-state index in [9.17, 15) is 0 Å². The molecular formula is C17H19Cl2N5. The number of anilines is 3. The largest absolute Gasteiger partial charge is 0.368 e. The van der Waals surface area contributed by atoms with Crippen molar-refractivity contribution in [1.29, 1.82) is 0 Å². The highest BCUT2D eigenvalue weighted by Crippen LogP contribution is 2.26. The van der Waals surface area contributed by atoms with Gasteiger partial charge in [-0.05, 0) is 50.3 Å². The Labute approximate surface area is 151 Å². The molecule has 0 saturated heterocycles. The highest BCUT2D eigenvalue weighted by Gasteiger charge is 2.05. The SMILES string of the molecule is Clc1ccc(Nc2nncc(NCCC3=CCCCC3)n2)cc1Cl. The van der Waals surface area contributed by atoms with Crippen molar-refractivity contribution in [3.05, 3.63) is 46.1 Å². The van der Waals surface area contributed by atoms with Crippen LogP contribution in [0.3, 0.4) is 0 Å². The van der Waals surface area contributed by atoms with Gasteiger partial charge in [-0.25, -0.2) is 0 Å². The van der Waals surface area contributed by atoms with Crippen LogP contribution in [0.1, 0.15) is 32.1 Å². The van der Waals surface area contributed by atoms with Crippen LogP contribution >= 0.6 is 23.2 Å². The van der Waals surface area contributed by atoms with Crippen LogP contribution in [-0.2, 0) is 0 Å². The lowest BCUT2D eigenvalue weighted by atomic mass is 9.97. The van der Waals surface area contributed by atoms with Gasteiger partial charge in [0.25, 0.3) is 0 Å². The topological polar surface area (TPSA) is 62.7 Å². The molecule has 126 valence electrons. The van der Waals surface area contributed by atoms with E-state index in [2.05, 4.69) is 31.9 Å². The Kier molecular flexibility index (Phi) is 5.88. The number of benzene rings is 1. The number of nitrogens with zero attached hydrogens (tertiary/aromatic N) is 3. The van der Waals surface area contributed by atoms with Crippen molar-refractivity contribution in [2.75, 3.05) is 17.2 Å². The smallest absolute Gasteiger partial charge is 0.249 e. The van der Waals surface area contributed by atoms with Gasteiger partial charge in [0.2, 0.25) is 5.95 Å². The van der Waals surface area contributed by atoms with E-state index >= 15 is 0 Å². The van der Waals surface area contributed by atoms with Crippen molar-refractivity contribution in [1.82, 2.24) is 15.2 Å². The molecule has 1 aliphatic rings. The minimum atomic E-state index is 0.412. The fraction of sp³-hybridized carbons (Fsp3) is 0.353. The number of hydrogen-bond donors (Lipinski definition) is 2. The predicted octanol–water partition coefficient (Wildman–Crippen LogP) is 5.22. The molecule has 0 bridgehead atoms. The van der Waals surface area contributed by atoms with Gasteiger partial charge in [-0.15, -0.1) is 5.10 Å². The monoisotopic (exact) mass is 363 g/mol. The first kappa shape index (κ1) is 17.0. The van der Waals surface area contributed by atoms with Gasteiger partial charge in [-0.3, -0.25) is 0 Å². The first-order chi connectivity index (χ1) is 11.7. The zero-order valence-corrected chi connectivity index (χ0v) is 14.7. The molecule has 0 radical (unpaired) electrons. The molecule has 0 unspecified atom stereocenters. The quantitative estimate of drug-likeness (QED) is 0.688. The summed E-state index contributed by atoms with van der Waals surface area (Å²) in [5, 5.41) is 15.3. The van der Waals surface area contributed by atoms with Gasteiger partial charge in [0.05, 0.1) is 16.2 Å². The van der Waals surface area contributed by atoms with Crippen molar-refractivity contribution in [3.8, 4) is 0 Å². The van der Waals surface area contributed by atoms with E-state index in [1.165, 1.54) is 31.3 Å². The second-order valence-electron chi connectivity index (χ2n) is 5.70. The third-order valence-electron chi connectivity index (χ3n) is 3.87. The molecular weight excluding hydrogens is 345 g/mol. The van der Waals surface area contributed by atoms with Crippen LogP contribution in [-0.4, -0.2) is 21.7 Å². The van der Waals surface area contributed by atoms with Crippen molar-refractivity contribution in [2.45, 2.75) is 32.1 Å². The van der Waals surface area contributed by atoms with Crippen LogP contribution < -0.4 is 10.6 Å². The number of allylic oxidation sites excluding steroid dienone is 1. The number of halogens is 2. The Morgan fingerprint density at radius 3 is 2.83 bits per heavy atom. The van der Waals surface area contributed by atoms with Crippen LogP contribution in [0.15, 0.2) is 36.0 Å². The Balaban J connectivity index is 1.57. The summed E-state index contributed by atoms with van der Waals surface area (Å²) in [6.07, 6.45) is 10.1. The fourth-order valence-corrected chi connectivity index (χ4v) is 2.93. The van der Waals surface area contributed by atoms with Crippen LogP contribution in [0.2, 0.25) is 10.0 Å². The summed E-state index contributed by atoms with van der Waals surface area (Å²) in [5.41, 5.74) is 2.29. The van der Waals surface area contributed by atoms with Crippen LogP contribution in [0.25, 0.3) is 0 Å². The average molecular weight is 364 g/mol. The zero-order chi connectivity index (χ0) is 16.8. The van der Waals surface area contributed by atoms with Crippen LogP contribution in [0.5, 0.6) is 0 Å². The van der Waals surface area contributed by atoms with E-state index < -0.39 is 0 Å². The Morgan fingerprint density at radius 1 is 1.12 bits per heavy atom. The molecule has 2 aromatic rings. The van der Waals surface area contributed by atoms with E-state index in [1.807, 2.05) is 6.07 Å². The summed E-state index contributed by atoms with van der Waals surface area (Å²) in [5.74, 6) is 1.11. The van der Waals surface area contributed by atoms with Gasteiger partial charge in [0.15, 0.2) is 5.82 Å². The molecule has 0 atom stereocenters. The average Bonchev–Trinajstić information content (AvgIpc) is 2.60. The Hall–Kier alpha value is -1.85. The van der Waals surface area contributed by atoms with Gasteiger partial charge in [0.1, 0.15) is 0 Å². The van der Waals surface area contributed by atoms with E-state index in [0.29, 0.717) is 21.8 Å². The molecule has 1 aliphatic carbocycles. The van der Waals surface area contributed by atoms with E-state index in [4.69, 9.17) is 23.2 Å².